The van der Waals surface area contributed by atoms with Crippen molar-refractivity contribution < 1.29 is 33.5 Å². The number of aliphatic hydroxyl groups is 1. The molecule has 122 valence electrons. The van der Waals surface area contributed by atoms with E-state index in [0.717, 1.165) is 6.07 Å². The number of halogens is 1. The van der Waals surface area contributed by atoms with E-state index in [2.05, 4.69) is 0 Å². The number of ketones is 1. The third-order valence-electron chi connectivity index (χ3n) is 4.28. The number of amides is 1. The summed E-state index contributed by atoms with van der Waals surface area (Å²) in [5.41, 5.74) is 0.336. The first-order chi connectivity index (χ1) is 10.9. The van der Waals surface area contributed by atoms with Crippen molar-refractivity contribution in [3.8, 4) is 0 Å². The highest BCUT2D eigenvalue weighted by atomic mass is 19.1. The number of aliphatic hydroxyl groups excluding tert-OH is 1. The monoisotopic (exact) mass is 323 g/mol. The van der Waals surface area contributed by atoms with Crippen LogP contribution in [0.15, 0.2) is 18.2 Å². The second kappa shape index (κ2) is 5.71. The van der Waals surface area contributed by atoms with E-state index in [0.29, 0.717) is 10.6 Å². The van der Waals surface area contributed by atoms with Gasteiger partial charge in [-0.1, -0.05) is 0 Å². The lowest BCUT2D eigenvalue weighted by Gasteiger charge is -2.24. The lowest BCUT2D eigenvalue weighted by atomic mass is 10.1. The number of anilines is 1. The van der Waals surface area contributed by atoms with Gasteiger partial charge in [-0.15, -0.1) is 0 Å². The number of carbonyl (C=O) groups is 3. The Labute approximate surface area is 131 Å². The number of nitrogens with zero attached hydrogens (tertiary/aromatic N) is 1. The van der Waals surface area contributed by atoms with Crippen LogP contribution in [-0.2, 0) is 14.3 Å². The van der Waals surface area contributed by atoms with Crippen molar-refractivity contribution in [1.82, 2.24) is 0 Å². The van der Waals surface area contributed by atoms with Crippen molar-refractivity contribution in [2.75, 3.05) is 25.2 Å². The minimum atomic E-state index is -0.770. The Balaban J connectivity index is 1.87. The number of methoxy groups -OCH3 is 1. The molecule has 2 aliphatic rings. The first-order valence-electron chi connectivity index (χ1n) is 7.18. The maximum absolute atomic E-state index is 13.3. The zero-order chi connectivity index (χ0) is 16.7. The van der Waals surface area contributed by atoms with Gasteiger partial charge in [0.15, 0.2) is 12.7 Å². The average molecular weight is 323 g/mol. The maximum atomic E-state index is 13.3. The highest BCUT2D eigenvalue weighted by Gasteiger charge is 2.45. The molecule has 1 aromatic rings. The molecule has 1 unspecified atom stereocenters. The van der Waals surface area contributed by atoms with Crippen molar-refractivity contribution in [3.63, 3.8) is 0 Å². The Bertz CT molecular complexity index is 692. The molecule has 0 radical (unpaired) electrons. The summed E-state index contributed by atoms with van der Waals surface area (Å²) >= 11 is 0. The molecule has 0 aliphatic carbocycles. The van der Waals surface area contributed by atoms with Gasteiger partial charge in [-0.25, -0.2) is 9.18 Å². The number of ether oxygens (including phenoxy) is 1. The van der Waals surface area contributed by atoms with Crippen molar-refractivity contribution in [3.05, 3.63) is 29.6 Å². The second-order valence-electron chi connectivity index (χ2n) is 5.71. The molecule has 1 saturated heterocycles. The number of nitrogens with one attached hydrogen (secondary N) is 1. The molecule has 1 amide bonds. The number of likely N-dealkylation sites (tertiary alicyclic amines) is 1. The molecule has 0 aromatic heterocycles. The predicted octanol–water partition coefficient (Wildman–Crippen LogP) is -1.50. The number of esters is 1. The molecule has 0 spiro atoms. The quantitative estimate of drug-likeness (QED) is 0.522. The third-order valence-corrected chi connectivity index (χ3v) is 4.28. The molecule has 8 heteroatoms. The largest absolute Gasteiger partial charge is 0.465 e. The molecular weight excluding hydrogens is 307 g/mol. The van der Waals surface area contributed by atoms with E-state index in [1.54, 1.807) is 0 Å². The first-order valence-corrected chi connectivity index (χ1v) is 7.18. The molecule has 23 heavy (non-hydrogen) atoms. The van der Waals surface area contributed by atoms with Crippen LogP contribution in [0, 0.1) is 5.82 Å². The summed E-state index contributed by atoms with van der Waals surface area (Å²) in [5, 5.41) is 9.79. The zero-order valence-corrected chi connectivity index (χ0v) is 12.4. The lowest BCUT2D eigenvalue weighted by Crippen LogP contribution is -3.16. The Morgan fingerprint density at radius 1 is 1.48 bits per heavy atom. The van der Waals surface area contributed by atoms with Gasteiger partial charge in [-0.2, -0.15) is 0 Å². The molecule has 3 atom stereocenters. The van der Waals surface area contributed by atoms with Gasteiger partial charge in [0.1, 0.15) is 18.5 Å². The van der Waals surface area contributed by atoms with Crippen LogP contribution in [-0.4, -0.2) is 55.2 Å². The average Bonchev–Trinajstić information content (AvgIpc) is 3.00. The Kier molecular flexibility index (Phi) is 3.87. The molecule has 7 nitrogen and oxygen atoms in total. The van der Waals surface area contributed by atoms with Gasteiger partial charge in [-0.05, 0) is 18.2 Å². The van der Waals surface area contributed by atoms with Crippen LogP contribution in [0.4, 0.5) is 10.1 Å². The van der Waals surface area contributed by atoms with Crippen molar-refractivity contribution in [1.29, 1.82) is 0 Å². The predicted molar refractivity (Wildman–Crippen MR) is 75.3 cm³/mol. The summed E-state index contributed by atoms with van der Waals surface area (Å²) in [5.74, 6) is -2.60. The molecule has 0 bridgehead atoms. The normalized spacial score (nSPS) is 26.6. The topological polar surface area (TPSA) is 88.3 Å². The van der Waals surface area contributed by atoms with Crippen LogP contribution < -0.4 is 9.80 Å². The van der Waals surface area contributed by atoms with E-state index in [1.807, 2.05) is 0 Å². The van der Waals surface area contributed by atoms with Gasteiger partial charge in [-0.3, -0.25) is 14.5 Å². The van der Waals surface area contributed by atoms with Crippen LogP contribution in [0.2, 0.25) is 0 Å². The van der Waals surface area contributed by atoms with E-state index in [4.69, 9.17) is 4.74 Å². The summed E-state index contributed by atoms with van der Waals surface area (Å²) < 4.78 is 18.0. The van der Waals surface area contributed by atoms with Crippen molar-refractivity contribution in [2.45, 2.75) is 18.6 Å². The standard InChI is InChI=1S/C15H15FN2O5/c1-23-15(22)12-5-9(19)6-17(12)7-18-11-3-2-8(16)4-10(11)13(20)14(18)21/h2-4,9,12,19H,5-7H2,1H3/p+1/t9-,12-/m0/s1. The van der Waals surface area contributed by atoms with Crippen LogP contribution in [0.5, 0.6) is 0 Å². The highest BCUT2D eigenvalue weighted by molar-refractivity contribution is 6.52. The zero-order valence-electron chi connectivity index (χ0n) is 12.4. The fourth-order valence-electron chi connectivity index (χ4n) is 3.18. The van der Waals surface area contributed by atoms with Crippen LogP contribution in [0.3, 0.4) is 0 Å². The number of carbonyl (C=O) groups excluding carboxylic acids is 3. The Hall–Kier alpha value is -2.32. The summed E-state index contributed by atoms with van der Waals surface area (Å²) in [4.78, 5) is 37.8. The summed E-state index contributed by atoms with van der Waals surface area (Å²) in [6.45, 7) is 0.286. The van der Waals surface area contributed by atoms with Gasteiger partial charge >= 0.3 is 11.9 Å². The van der Waals surface area contributed by atoms with Gasteiger partial charge in [0.05, 0.1) is 18.4 Å². The van der Waals surface area contributed by atoms with Crippen molar-refractivity contribution in [2.24, 2.45) is 0 Å². The van der Waals surface area contributed by atoms with E-state index in [9.17, 15) is 23.9 Å². The molecule has 1 aromatic carbocycles. The van der Waals surface area contributed by atoms with Crippen LogP contribution >= 0.6 is 0 Å². The number of benzene rings is 1. The molecule has 3 rings (SSSR count). The minimum absolute atomic E-state index is 0.0174. The molecule has 2 N–H and O–H groups in total. The van der Waals surface area contributed by atoms with Crippen molar-refractivity contribution >= 4 is 23.3 Å². The molecule has 1 fully saturated rings. The smallest absolute Gasteiger partial charge is 0.364 e. The fraction of sp³-hybridized carbons (Fsp3) is 0.400. The number of Topliss-reactive ketones (excluding diaryl/α,β-unsaturated/α-hetero) is 1. The Morgan fingerprint density at radius 2 is 2.22 bits per heavy atom. The van der Waals surface area contributed by atoms with Gasteiger partial charge in [0.25, 0.3) is 5.78 Å². The van der Waals surface area contributed by atoms with E-state index < -0.39 is 35.6 Å². The Morgan fingerprint density at radius 3 is 2.91 bits per heavy atom. The maximum Gasteiger partial charge on any atom is 0.364 e. The summed E-state index contributed by atoms with van der Waals surface area (Å²) in [7, 11) is 1.26. The molecular formula is C15H16FN2O5+. The number of hydrogen-bond acceptors (Lipinski definition) is 5. The lowest BCUT2D eigenvalue weighted by molar-refractivity contribution is -0.903. The van der Waals surface area contributed by atoms with Gasteiger partial charge in [0.2, 0.25) is 0 Å². The highest BCUT2D eigenvalue weighted by Crippen LogP contribution is 2.28. The van der Waals surface area contributed by atoms with E-state index in [-0.39, 0.29) is 25.2 Å². The SMILES string of the molecule is COC(=O)[C@@H]1C[C@H](O)C[NH+]1CN1C(=O)C(=O)c2cc(F)ccc21. The third kappa shape index (κ3) is 2.60. The van der Waals surface area contributed by atoms with Gasteiger partial charge in [0, 0.05) is 6.42 Å². The van der Waals surface area contributed by atoms with Gasteiger partial charge < -0.3 is 14.7 Å². The molecule has 2 heterocycles. The number of rotatable bonds is 3. The summed E-state index contributed by atoms with van der Waals surface area (Å²) in [6.07, 6.45) is -0.455. The molecule has 0 saturated carbocycles. The number of quaternary nitrogens is 1. The number of fused-ring (bicyclic) bond motifs is 1. The van der Waals surface area contributed by atoms with E-state index >= 15 is 0 Å². The van der Waals surface area contributed by atoms with Crippen LogP contribution in [0.1, 0.15) is 16.8 Å². The fourth-order valence-corrected chi connectivity index (χ4v) is 3.18. The first kappa shape index (κ1) is 15.6. The second-order valence-corrected chi connectivity index (χ2v) is 5.71. The summed E-state index contributed by atoms with van der Waals surface area (Å²) in [6, 6.07) is 2.96. The minimum Gasteiger partial charge on any atom is -0.465 e. The number of hydrogen-bond donors (Lipinski definition) is 2. The molecule has 2 aliphatic heterocycles. The van der Waals surface area contributed by atoms with Crippen LogP contribution in [0.25, 0.3) is 0 Å². The van der Waals surface area contributed by atoms with E-state index in [1.165, 1.54) is 24.1 Å².